The number of aliphatic hydroxyl groups is 1. The van der Waals surface area contributed by atoms with Crippen molar-refractivity contribution in [1.82, 2.24) is 5.32 Å². The van der Waals surface area contributed by atoms with Gasteiger partial charge in [0.1, 0.15) is 12.7 Å². The largest absolute Gasteiger partial charge is 0.480 e. The number of phosphoric ester groups is 1. The number of hydrogen-bond donors (Lipinski definition) is 4. The van der Waals surface area contributed by atoms with Gasteiger partial charge in [0.15, 0.2) is 6.04 Å². The third-order valence-corrected chi connectivity index (χ3v) is 11.3. The van der Waals surface area contributed by atoms with Crippen LogP contribution in [0.5, 0.6) is 0 Å². The first kappa shape index (κ1) is 54.5. The molecule has 0 aliphatic rings. The van der Waals surface area contributed by atoms with Gasteiger partial charge in [0, 0.05) is 12.8 Å². The molecule has 0 aromatic heterocycles. The summed E-state index contributed by atoms with van der Waals surface area (Å²) >= 11 is 0. The summed E-state index contributed by atoms with van der Waals surface area (Å²) in [5, 5.41) is 21.8. The van der Waals surface area contributed by atoms with Gasteiger partial charge in [-0.1, -0.05) is 206 Å². The highest BCUT2D eigenvalue weighted by Gasteiger charge is 2.28. The van der Waals surface area contributed by atoms with Crippen LogP contribution in [0.1, 0.15) is 232 Å². The number of aliphatic hydroxyl groups excluding tert-OH is 1. The Hall–Kier alpha value is -1.52. The Morgan fingerprint density at radius 1 is 0.500 bits per heavy atom. The van der Waals surface area contributed by atoms with Gasteiger partial charge in [0.2, 0.25) is 5.91 Å². The molecule has 12 heteroatoms. The molecule has 0 aliphatic heterocycles. The molecule has 1 amide bonds. The Kier molecular flexibility index (Phi) is 39.2. The van der Waals surface area contributed by atoms with Crippen molar-refractivity contribution in [2.45, 2.75) is 244 Å². The lowest BCUT2D eigenvalue weighted by molar-refractivity contribution is -0.147. The summed E-state index contributed by atoms with van der Waals surface area (Å²) in [4.78, 5) is 45.9. The summed E-state index contributed by atoms with van der Waals surface area (Å²) in [5.74, 6) is -2.35. The highest BCUT2D eigenvalue weighted by Crippen LogP contribution is 2.43. The van der Waals surface area contributed by atoms with Crippen molar-refractivity contribution in [2.75, 3.05) is 19.8 Å². The Bertz CT molecular complexity index is 968. The minimum atomic E-state index is -4.75. The summed E-state index contributed by atoms with van der Waals surface area (Å²) in [6.07, 6.45) is 38.5. The van der Waals surface area contributed by atoms with Crippen molar-refractivity contribution >= 4 is 25.7 Å². The van der Waals surface area contributed by atoms with E-state index in [1.165, 1.54) is 154 Å². The first-order valence-electron chi connectivity index (χ1n) is 23.1. The maximum Gasteiger partial charge on any atom is 0.472 e. The third-order valence-electron chi connectivity index (χ3n) is 10.4. The van der Waals surface area contributed by atoms with Gasteiger partial charge in [0.05, 0.1) is 13.2 Å². The normalized spacial score (nSPS) is 13.6. The molecule has 3 atom stereocenters. The fourth-order valence-corrected chi connectivity index (χ4v) is 7.56. The van der Waals surface area contributed by atoms with Crippen LogP contribution < -0.4 is 5.32 Å². The van der Waals surface area contributed by atoms with E-state index in [0.29, 0.717) is 12.8 Å². The molecule has 4 N–H and O–H groups in total. The molecule has 0 saturated carbocycles. The van der Waals surface area contributed by atoms with Crippen LogP contribution in [0, 0.1) is 0 Å². The quantitative estimate of drug-likeness (QED) is 0.0264. The van der Waals surface area contributed by atoms with E-state index in [4.69, 9.17) is 13.8 Å². The SMILES string of the molecule is CCCCCCCCCCCCCCCCCCCCCCCCC(=O)NC(COP(=O)(O)OCC(O)COC(=O)CCCCCCCCCCCC)C(=O)O. The molecular weight excluding hydrogens is 733 g/mol. The number of aliphatic carboxylic acids is 1. The molecule has 0 aromatic carbocycles. The predicted molar refractivity (Wildman–Crippen MR) is 227 cm³/mol. The van der Waals surface area contributed by atoms with E-state index in [9.17, 15) is 34.1 Å². The van der Waals surface area contributed by atoms with Gasteiger partial charge in [-0.05, 0) is 12.8 Å². The zero-order chi connectivity index (χ0) is 41.4. The number of unbranched alkanes of at least 4 members (excludes halogenated alkanes) is 30. The molecular formula is C44H86NO10P. The van der Waals surface area contributed by atoms with Crippen molar-refractivity contribution in [3.8, 4) is 0 Å². The first-order valence-corrected chi connectivity index (χ1v) is 24.6. The van der Waals surface area contributed by atoms with E-state index >= 15 is 0 Å². The van der Waals surface area contributed by atoms with Crippen LogP contribution in [0.25, 0.3) is 0 Å². The molecule has 0 rings (SSSR count). The number of ether oxygens (including phenoxy) is 1. The molecule has 0 aromatic rings. The fourth-order valence-electron chi connectivity index (χ4n) is 6.79. The average molecular weight is 820 g/mol. The van der Waals surface area contributed by atoms with Crippen LogP contribution in [0.2, 0.25) is 0 Å². The number of esters is 1. The van der Waals surface area contributed by atoms with E-state index in [2.05, 4.69) is 19.2 Å². The summed E-state index contributed by atoms with van der Waals surface area (Å²) in [7, 11) is -4.75. The monoisotopic (exact) mass is 820 g/mol. The van der Waals surface area contributed by atoms with Gasteiger partial charge in [-0.25, -0.2) is 9.36 Å². The van der Waals surface area contributed by atoms with E-state index in [-0.39, 0.29) is 12.8 Å². The average Bonchev–Trinajstić information content (AvgIpc) is 3.17. The van der Waals surface area contributed by atoms with Gasteiger partial charge in [-0.15, -0.1) is 0 Å². The van der Waals surface area contributed by atoms with Crippen LogP contribution in [-0.2, 0) is 32.7 Å². The van der Waals surface area contributed by atoms with Crippen molar-refractivity contribution in [2.24, 2.45) is 0 Å². The van der Waals surface area contributed by atoms with Gasteiger partial charge >= 0.3 is 19.8 Å². The molecule has 11 nitrogen and oxygen atoms in total. The van der Waals surface area contributed by atoms with Gasteiger partial charge in [-0.2, -0.15) is 0 Å². The van der Waals surface area contributed by atoms with E-state index in [0.717, 1.165) is 38.5 Å². The Morgan fingerprint density at radius 2 is 0.821 bits per heavy atom. The third kappa shape index (κ3) is 39.3. The fraction of sp³-hybridized carbons (Fsp3) is 0.932. The summed E-state index contributed by atoms with van der Waals surface area (Å²) < 4.78 is 26.8. The van der Waals surface area contributed by atoms with Crippen LogP contribution in [0.15, 0.2) is 0 Å². The molecule has 56 heavy (non-hydrogen) atoms. The molecule has 0 fully saturated rings. The Labute approximate surface area is 342 Å². The van der Waals surface area contributed by atoms with E-state index in [1.54, 1.807) is 0 Å². The number of carboxylic acid groups (broad SMARTS) is 1. The van der Waals surface area contributed by atoms with E-state index in [1.807, 2.05) is 0 Å². The van der Waals surface area contributed by atoms with Crippen LogP contribution in [0.4, 0.5) is 0 Å². The minimum Gasteiger partial charge on any atom is -0.480 e. The number of phosphoric acid groups is 1. The second-order valence-corrected chi connectivity index (χ2v) is 17.4. The lowest BCUT2D eigenvalue weighted by Crippen LogP contribution is -2.43. The van der Waals surface area contributed by atoms with Crippen LogP contribution >= 0.6 is 7.82 Å². The zero-order valence-corrected chi connectivity index (χ0v) is 36.9. The van der Waals surface area contributed by atoms with Crippen LogP contribution in [-0.4, -0.2) is 64.9 Å². The molecule has 0 heterocycles. The van der Waals surface area contributed by atoms with Crippen molar-refractivity contribution in [1.29, 1.82) is 0 Å². The Balaban J connectivity index is 3.80. The summed E-state index contributed by atoms with van der Waals surface area (Å²) in [6.45, 7) is 2.61. The van der Waals surface area contributed by atoms with Crippen molar-refractivity contribution in [3.05, 3.63) is 0 Å². The molecule has 0 bridgehead atoms. The molecule has 332 valence electrons. The van der Waals surface area contributed by atoms with Gasteiger partial charge < -0.3 is 25.2 Å². The maximum atomic E-state index is 12.3. The Morgan fingerprint density at radius 3 is 1.18 bits per heavy atom. The topological polar surface area (TPSA) is 169 Å². The van der Waals surface area contributed by atoms with Gasteiger partial charge in [0.25, 0.3) is 0 Å². The number of carbonyl (C=O) groups is 3. The standard InChI is InChI=1S/C44H86NO10P/c1-3-5-7-9-11-13-15-16-17-18-19-20-21-22-23-24-25-26-27-29-31-33-35-42(47)45-41(44(49)50)39-55-56(51,52)54-38-40(46)37-53-43(48)36-34-32-30-28-14-12-10-8-6-4-2/h40-41,46H,3-39H2,1-2H3,(H,45,47)(H,49,50)(H,51,52). The molecule has 3 unspecified atom stereocenters. The second kappa shape index (κ2) is 40.3. The number of carboxylic acids is 1. The van der Waals surface area contributed by atoms with Crippen molar-refractivity contribution in [3.63, 3.8) is 0 Å². The smallest absolute Gasteiger partial charge is 0.472 e. The van der Waals surface area contributed by atoms with Crippen molar-refractivity contribution < 1.29 is 47.8 Å². The molecule has 0 saturated heterocycles. The number of amides is 1. The lowest BCUT2D eigenvalue weighted by Gasteiger charge is -2.18. The van der Waals surface area contributed by atoms with Crippen LogP contribution in [0.3, 0.4) is 0 Å². The molecule has 0 aliphatic carbocycles. The minimum absolute atomic E-state index is 0.153. The van der Waals surface area contributed by atoms with E-state index < -0.39 is 57.6 Å². The lowest BCUT2D eigenvalue weighted by atomic mass is 10.0. The summed E-state index contributed by atoms with van der Waals surface area (Å²) in [6, 6.07) is -1.54. The number of rotatable bonds is 44. The molecule has 0 radical (unpaired) electrons. The highest BCUT2D eigenvalue weighted by molar-refractivity contribution is 7.47. The molecule has 0 spiro atoms. The maximum absolute atomic E-state index is 12.3. The number of carbonyl (C=O) groups excluding carboxylic acids is 2. The second-order valence-electron chi connectivity index (χ2n) is 16.0. The zero-order valence-electron chi connectivity index (χ0n) is 36.0. The summed E-state index contributed by atoms with van der Waals surface area (Å²) in [5.41, 5.74) is 0. The predicted octanol–water partition coefficient (Wildman–Crippen LogP) is 11.9. The number of nitrogens with one attached hydrogen (secondary N) is 1. The number of hydrogen-bond acceptors (Lipinski definition) is 8. The van der Waals surface area contributed by atoms with Gasteiger partial charge in [-0.3, -0.25) is 18.6 Å². The first-order chi connectivity index (χ1) is 27.1. The highest BCUT2D eigenvalue weighted by atomic mass is 31.2.